The molecule has 1 saturated heterocycles. The molecule has 1 saturated carbocycles. The minimum absolute atomic E-state index is 0.104. The molecule has 0 aromatic carbocycles. The summed E-state index contributed by atoms with van der Waals surface area (Å²) in [4.78, 5) is 0. The first-order chi connectivity index (χ1) is 7.79. The van der Waals surface area contributed by atoms with Gasteiger partial charge in [-0.1, -0.05) is 19.3 Å². The standard InChI is InChI=1S/C13H22N2O/c1-10-7-8-13(16-10)12(9-14)15-11-5-3-2-4-6-11/h10-13,15H,2-8H2,1H3. The van der Waals surface area contributed by atoms with Crippen molar-refractivity contribution in [3.05, 3.63) is 0 Å². The molecule has 0 spiro atoms. The van der Waals surface area contributed by atoms with Crippen LogP contribution in [0.25, 0.3) is 0 Å². The molecule has 1 heterocycles. The Morgan fingerprint density at radius 3 is 2.50 bits per heavy atom. The molecule has 0 amide bonds. The number of rotatable bonds is 3. The molecule has 3 nitrogen and oxygen atoms in total. The van der Waals surface area contributed by atoms with Crippen molar-refractivity contribution in [2.45, 2.75) is 76.2 Å². The Balaban J connectivity index is 1.83. The third-order valence-electron chi connectivity index (χ3n) is 3.80. The van der Waals surface area contributed by atoms with Gasteiger partial charge in [-0.25, -0.2) is 0 Å². The molecule has 90 valence electrons. The smallest absolute Gasteiger partial charge is 0.122 e. The molecular formula is C13H22N2O. The van der Waals surface area contributed by atoms with Crippen molar-refractivity contribution in [2.24, 2.45) is 0 Å². The van der Waals surface area contributed by atoms with Crippen LogP contribution in [0.2, 0.25) is 0 Å². The molecular weight excluding hydrogens is 200 g/mol. The van der Waals surface area contributed by atoms with Crippen molar-refractivity contribution in [1.82, 2.24) is 5.32 Å². The zero-order valence-electron chi connectivity index (χ0n) is 10.1. The highest BCUT2D eigenvalue weighted by molar-refractivity contribution is 4.99. The number of nitriles is 1. The minimum atomic E-state index is -0.104. The molecule has 3 unspecified atom stereocenters. The number of nitrogens with zero attached hydrogens (tertiary/aromatic N) is 1. The minimum Gasteiger partial charge on any atom is -0.373 e. The van der Waals surface area contributed by atoms with Crippen LogP contribution in [0.5, 0.6) is 0 Å². The quantitative estimate of drug-likeness (QED) is 0.797. The SMILES string of the molecule is CC1CCC(C(C#N)NC2CCCCC2)O1. The number of hydrogen-bond acceptors (Lipinski definition) is 3. The van der Waals surface area contributed by atoms with Gasteiger partial charge >= 0.3 is 0 Å². The molecule has 1 N–H and O–H groups in total. The van der Waals surface area contributed by atoms with Gasteiger partial charge in [0.25, 0.3) is 0 Å². The maximum atomic E-state index is 9.21. The first kappa shape index (κ1) is 11.9. The molecule has 16 heavy (non-hydrogen) atoms. The van der Waals surface area contributed by atoms with Gasteiger partial charge in [-0.2, -0.15) is 5.26 Å². The summed E-state index contributed by atoms with van der Waals surface area (Å²) in [7, 11) is 0. The average Bonchev–Trinajstić information content (AvgIpc) is 2.74. The van der Waals surface area contributed by atoms with E-state index in [0.717, 1.165) is 12.8 Å². The summed E-state index contributed by atoms with van der Waals surface area (Å²) in [5.74, 6) is 0. The highest BCUT2D eigenvalue weighted by atomic mass is 16.5. The van der Waals surface area contributed by atoms with Crippen molar-refractivity contribution < 1.29 is 4.74 Å². The molecule has 0 aromatic heterocycles. The molecule has 2 rings (SSSR count). The second-order valence-corrected chi connectivity index (χ2v) is 5.17. The van der Waals surface area contributed by atoms with Crippen LogP contribution in [0, 0.1) is 11.3 Å². The summed E-state index contributed by atoms with van der Waals surface area (Å²) in [6.07, 6.45) is 8.97. The van der Waals surface area contributed by atoms with Crippen molar-refractivity contribution >= 4 is 0 Å². The molecule has 2 aliphatic rings. The maximum Gasteiger partial charge on any atom is 0.122 e. The zero-order chi connectivity index (χ0) is 11.4. The summed E-state index contributed by atoms with van der Waals surface area (Å²) in [6.45, 7) is 2.09. The number of hydrogen-bond donors (Lipinski definition) is 1. The van der Waals surface area contributed by atoms with Crippen LogP contribution >= 0.6 is 0 Å². The van der Waals surface area contributed by atoms with Crippen LogP contribution in [0.4, 0.5) is 0 Å². The topological polar surface area (TPSA) is 45.0 Å². The van der Waals surface area contributed by atoms with Crippen LogP contribution < -0.4 is 5.32 Å². The molecule has 0 bridgehead atoms. The number of nitrogens with one attached hydrogen (secondary N) is 1. The molecule has 1 aliphatic heterocycles. The van der Waals surface area contributed by atoms with Gasteiger partial charge < -0.3 is 4.74 Å². The number of ether oxygens (including phenoxy) is 1. The van der Waals surface area contributed by atoms with E-state index in [1.807, 2.05) is 0 Å². The van der Waals surface area contributed by atoms with Gasteiger partial charge in [0.2, 0.25) is 0 Å². The van der Waals surface area contributed by atoms with Crippen molar-refractivity contribution in [1.29, 1.82) is 5.26 Å². The van der Waals surface area contributed by atoms with Crippen LogP contribution in [0.3, 0.4) is 0 Å². The van der Waals surface area contributed by atoms with Crippen LogP contribution in [-0.4, -0.2) is 24.3 Å². The van der Waals surface area contributed by atoms with Gasteiger partial charge in [-0.3, -0.25) is 5.32 Å². The third-order valence-corrected chi connectivity index (χ3v) is 3.80. The summed E-state index contributed by atoms with van der Waals surface area (Å²) in [5, 5.41) is 12.7. The summed E-state index contributed by atoms with van der Waals surface area (Å²) in [6, 6.07) is 2.81. The van der Waals surface area contributed by atoms with Gasteiger partial charge in [0, 0.05) is 6.04 Å². The van der Waals surface area contributed by atoms with Gasteiger partial charge in [-0.05, 0) is 32.6 Å². The highest BCUT2D eigenvalue weighted by Gasteiger charge is 2.31. The lowest BCUT2D eigenvalue weighted by molar-refractivity contribution is 0.0398. The van der Waals surface area contributed by atoms with Crippen LogP contribution in [0.1, 0.15) is 51.9 Å². The fourth-order valence-electron chi connectivity index (χ4n) is 2.83. The Labute approximate surface area is 98.2 Å². The second-order valence-electron chi connectivity index (χ2n) is 5.17. The second kappa shape index (κ2) is 5.65. The van der Waals surface area contributed by atoms with Crippen molar-refractivity contribution in [2.75, 3.05) is 0 Å². The normalized spacial score (nSPS) is 33.5. The molecule has 1 aliphatic carbocycles. The molecule has 0 aromatic rings. The van der Waals surface area contributed by atoms with Crippen molar-refractivity contribution in [3.8, 4) is 6.07 Å². The molecule has 3 heteroatoms. The molecule has 2 fully saturated rings. The maximum absolute atomic E-state index is 9.21. The Morgan fingerprint density at radius 1 is 1.19 bits per heavy atom. The van der Waals surface area contributed by atoms with Crippen LogP contribution in [0.15, 0.2) is 0 Å². The lowest BCUT2D eigenvalue weighted by Crippen LogP contribution is -2.45. The van der Waals surface area contributed by atoms with E-state index in [0.29, 0.717) is 12.1 Å². The highest BCUT2D eigenvalue weighted by Crippen LogP contribution is 2.24. The van der Waals surface area contributed by atoms with Gasteiger partial charge in [0.15, 0.2) is 0 Å². The largest absolute Gasteiger partial charge is 0.373 e. The van der Waals surface area contributed by atoms with Gasteiger partial charge in [0.1, 0.15) is 6.04 Å². The van der Waals surface area contributed by atoms with E-state index in [4.69, 9.17) is 4.74 Å². The lowest BCUT2D eigenvalue weighted by Gasteiger charge is -2.27. The predicted molar refractivity (Wildman–Crippen MR) is 63.0 cm³/mol. The summed E-state index contributed by atoms with van der Waals surface area (Å²) >= 11 is 0. The van der Waals surface area contributed by atoms with E-state index >= 15 is 0 Å². The summed E-state index contributed by atoms with van der Waals surface area (Å²) < 4.78 is 5.77. The Kier molecular flexibility index (Phi) is 4.20. The van der Waals surface area contributed by atoms with E-state index in [1.165, 1.54) is 32.1 Å². The Hall–Kier alpha value is -0.590. The van der Waals surface area contributed by atoms with E-state index < -0.39 is 0 Å². The lowest BCUT2D eigenvalue weighted by atomic mass is 9.94. The van der Waals surface area contributed by atoms with E-state index in [1.54, 1.807) is 0 Å². The summed E-state index contributed by atoms with van der Waals surface area (Å²) in [5.41, 5.74) is 0. The Bertz CT molecular complexity index is 255. The first-order valence-electron chi connectivity index (χ1n) is 6.60. The van der Waals surface area contributed by atoms with E-state index in [-0.39, 0.29) is 12.1 Å². The first-order valence-corrected chi connectivity index (χ1v) is 6.60. The Morgan fingerprint density at radius 2 is 1.94 bits per heavy atom. The third kappa shape index (κ3) is 2.96. The van der Waals surface area contributed by atoms with Gasteiger partial charge in [-0.15, -0.1) is 0 Å². The van der Waals surface area contributed by atoms with E-state index in [9.17, 15) is 5.26 Å². The fraction of sp³-hybridized carbons (Fsp3) is 0.923. The zero-order valence-corrected chi connectivity index (χ0v) is 10.1. The predicted octanol–water partition coefficient (Wildman–Crippen LogP) is 2.37. The van der Waals surface area contributed by atoms with Crippen molar-refractivity contribution in [3.63, 3.8) is 0 Å². The monoisotopic (exact) mass is 222 g/mol. The fourth-order valence-corrected chi connectivity index (χ4v) is 2.83. The molecule has 0 radical (unpaired) electrons. The average molecular weight is 222 g/mol. The van der Waals surface area contributed by atoms with E-state index in [2.05, 4.69) is 18.3 Å². The molecule has 3 atom stereocenters. The van der Waals surface area contributed by atoms with Crippen LogP contribution in [-0.2, 0) is 4.74 Å². The van der Waals surface area contributed by atoms with Gasteiger partial charge in [0.05, 0.1) is 18.3 Å².